The summed E-state index contributed by atoms with van der Waals surface area (Å²) in [6.07, 6.45) is 4.71. The van der Waals surface area contributed by atoms with Gasteiger partial charge in [0.05, 0.1) is 0 Å². The third-order valence-electron chi connectivity index (χ3n) is 4.81. The van der Waals surface area contributed by atoms with Crippen LogP contribution in [0.4, 0.5) is 4.79 Å². The van der Waals surface area contributed by atoms with Crippen LogP contribution in [-0.4, -0.2) is 40.6 Å². The maximum absolute atomic E-state index is 12.2. The van der Waals surface area contributed by atoms with E-state index in [4.69, 9.17) is 5.11 Å². The summed E-state index contributed by atoms with van der Waals surface area (Å²) in [7, 11) is 0. The van der Waals surface area contributed by atoms with Gasteiger partial charge in [-0.15, -0.1) is 0 Å². The van der Waals surface area contributed by atoms with Gasteiger partial charge < -0.3 is 15.3 Å². The highest BCUT2D eigenvalue weighted by molar-refractivity contribution is 5.83. The maximum Gasteiger partial charge on any atom is 0.326 e. The minimum atomic E-state index is -0.891. The first kappa shape index (κ1) is 14.2. The number of amides is 2. The fraction of sp³-hybridized carbons (Fsp3) is 0.857. The van der Waals surface area contributed by atoms with Crippen LogP contribution in [0.15, 0.2) is 0 Å². The molecule has 0 aromatic rings. The molecule has 1 heterocycles. The molecule has 1 aliphatic carbocycles. The summed E-state index contributed by atoms with van der Waals surface area (Å²) < 4.78 is 0. The summed E-state index contributed by atoms with van der Waals surface area (Å²) in [6, 6.07) is -0.654. The molecule has 2 amide bonds. The monoisotopic (exact) mass is 268 g/mol. The zero-order valence-corrected chi connectivity index (χ0v) is 11.8. The van der Waals surface area contributed by atoms with E-state index < -0.39 is 12.0 Å². The highest BCUT2D eigenvalue weighted by Crippen LogP contribution is 2.30. The number of carbonyl (C=O) groups is 2. The molecule has 0 aromatic heterocycles. The van der Waals surface area contributed by atoms with E-state index in [0.29, 0.717) is 24.8 Å². The number of likely N-dealkylation sites (tertiary alicyclic amines) is 1. The molecular formula is C14H24N2O3. The van der Waals surface area contributed by atoms with Crippen LogP contribution < -0.4 is 5.32 Å². The lowest BCUT2D eigenvalue weighted by atomic mass is 9.78. The lowest BCUT2D eigenvalue weighted by Crippen LogP contribution is -2.52. The molecule has 0 aromatic carbocycles. The Morgan fingerprint density at radius 3 is 2.58 bits per heavy atom. The number of aliphatic carboxylic acids is 1. The van der Waals surface area contributed by atoms with Gasteiger partial charge in [0.25, 0.3) is 0 Å². The molecule has 1 aliphatic heterocycles. The molecule has 1 saturated carbocycles. The minimum Gasteiger partial charge on any atom is -0.480 e. The van der Waals surface area contributed by atoms with Gasteiger partial charge in [-0.1, -0.05) is 26.7 Å². The first-order valence-electron chi connectivity index (χ1n) is 7.30. The first-order chi connectivity index (χ1) is 9.00. The molecule has 5 heteroatoms. The molecule has 108 valence electrons. The van der Waals surface area contributed by atoms with Gasteiger partial charge in [-0.05, 0) is 31.1 Å². The molecule has 2 aliphatic rings. The van der Waals surface area contributed by atoms with Gasteiger partial charge in [-0.3, -0.25) is 0 Å². The van der Waals surface area contributed by atoms with Crippen LogP contribution in [0.2, 0.25) is 0 Å². The van der Waals surface area contributed by atoms with Crippen molar-refractivity contribution in [2.24, 2.45) is 11.8 Å². The summed E-state index contributed by atoms with van der Waals surface area (Å²) in [5, 5.41) is 12.2. The highest BCUT2D eigenvalue weighted by Gasteiger charge is 2.36. The summed E-state index contributed by atoms with van der Waals surface area (Å²) in [4.78, 5) is 24.8. The smallest absolute Gasteiger partial charge is 0.326 e. The molecule has 4 atom stereocenters. The largest absolute Gasteiger partial charge is 0.480 e. The zero-order valence-electron chi connectivity index (χ0n) is 11.8. The van der Waals surface area contributed by atoms with Crippen LogP contribution in [-0.2, 0) is 4.79 Å². The molecule has 5 nitrogen and oxygen atoms in total. The fourth-order valence-electron chi connectivity index (χ4n) is 3.29. The Bertz CT molecular complexity index is 359. The van der Waals surface area contributed by atoms with Crippen molar-refractivity contribution in [3.05, 3.63) is 0 Å². The van der Waals surface area contributed by atoms with Crippen molar-refractivity contribution >= 4 is 12.0 Å². The summed E-state index contributed by atoms with van der Waals surface area (Å²) in [5.74, 6) is 0.189. The summed E-state index contributed by atoms with van der Waals surface area (Å²) >= 11 is 0. The number of hydrogen-bond acceptors (Lipinski definition) is 2. The lowest BCUT2D eigenvalue weighted by molar-refractivity contribution is -0.141. The number of rotatable bonds is 2. The average molecular weight is 268 g/mol. The number of carboxylic acids is 1. The van der Waals surface area contributed by atoms with Crippen molar-refractivity contribution < 1.29 is 14.7 Å². The van der Waals surface area contributed by atoms with E-state index in [1.165, 1.54) is 11.3 Å². The maximum atomic E-state index is 12.2. The Morgan fingerprint density at radius 2 is 1.89 bits per heavy atom. The number of hydrogen-bond donors (Lipinski definition) is 2. The molecule has 2 fully saturated rings. The Labute approximate surface area is 114 Å². The summed E-state index contributed by atoms with van der Waals surface area (Å²) in [5.41, 5.74) is 0. The van der Waals surface area contributed by atoms with Crippen molar-refractivity contribution in [1.29, 1.82) is 0 Å². The van der Waals surface area contributed by atoms with Gasteiger partial charge in [0, 0.05) is 12.6 Å². The van der Waals surface area contributed by atoms with Crippen molar-refractivity contribution in [2.75, 3.05) is 6.54 Å². The molecule has 0 radical (unpaired) electrons. The van der Waals surface area contributed by atoms with Crippen LogP contribution in [0, 0.1) is 11.8 Å². The van der Waals surface area contributed by atoms with Crippen LogP contribution in [0.1, 0.15) is 46.0 Å². The molecule has 1 saturated heterocycles. The Morgan fingerprint density at radius 1 is 1.16 bits per heavy atom. The van der Waals surface area contributed by atoms with E-state index in [1.54, 1.807) is 0 Å². The van der Waals surface area contributed by atoms with Gasteiger partial charge in [-0.2, -0.15) is 0 Å². The Balaban J connectivity index is 1.95. The minimum absolute atomic E-state index is 0.186. The zero-order chi connectivity index (χ0) is 14.0. The fourth-order valence-corrected chi connectivity index (χ4v) is 3.29. The van der Waals surface area contributed by atoms with Gasteiger partial charge in [0.1, 0.15) is 6.04 Å². The van der Waals surface area contributed by atoms with Crippen LogP contribution >= 0.6 is 0 Å². The molecule has 0 bridgehead atoms. The summed E-state index contributed by atoms with van der Waals surface area (Å²) in [6.45, 7) is 4.95. The van der Waals surface area contributed by atoms with Crippen molar-refractivity contribution in [3.8, 4) is 0 Å². The third kappa shape index (κ3) is 3.01. The van der Waals surface area contributed by atoms with Gasteiger partial charge in [0.15, 0.2) is 0 Å². The lowest BCUT2D eigenvalue weighted by Gasteiger charge is -2.36. The SMILES string of the molecule is CC1CCCC(NC(=O)N2CCC[C@@H]2C(=O)O)C1C. The Kier molecular flexibility index (Phi) is 4.32. The van der Waals surface area contributed by atoms with E-state index in [2.05, 4.69) is 19.2 Å². The van der Waals surface area contributed by atoms with Crippen molar-refractivity contribution in [3.63, 3.8) is 0 Å². The standard InChI is InChI=1S/C14H24N2O3/c1-9-5-3-6-11(10(9)2)15-14(19)16-8-4-7-12(16)13(17)18/h9-12H,3-8H2,1-2H3,(H,15,19)(H,17,18)/t9?,10?,11?,12-/m1/s1. The molecule has 2 N–H and O–H groups in total. The van der Waals surface area contributed by atoms with Gasteiger partial charge in [-0.25, -0.2) is 9.59 Å². The first-order valence-corrected chi connectivity index (χ1v) is 7.30. The molecule has 2 rings (SSSR count). The Hall–Kier alpha value is -1.26. The number of urea groups is 1. The van der Waals surface area contributed by atoms with Crippen molar-refractivity contribution in [2.45, 2.75) is 58.0 Å². The number of nitrogens with zero attached hydrogens (tertiary/aromatic N) is 1. The number of carbonyl (C=O) groups excluding carboxylic acids is 1. The van der Waals surface area contributed by atoms with E-state index in [9.17, 15) is 9.59 Å². The second-order valence-corrected chi connectivity index (χ2v) is 6.01. The topological polar surface area (TPSA) is 69.6 Å². The normalized spacial score (nSPS) is 35.2. The highest BCUT2D eigenvalue weighted by atomic mass is 16.4. The second-order valence-electron chi connectivity index (χ2n) is 6.01. The third-order valence-corrected chi connectivity index (χ3v) is 4.81. The quantitative estimate of drug-likeness (QED) is 0.805. The average Bonchev–Trinajstić information content (AvgIpc) is 2.84. The predicted octanol–water partition coefficient (Wildman–Crippen LogP) is 2.07. The van der Waals surface area contributed by atoms with Gasteiger partial charge in [0.2, 0.25) is 0 Å². The van der Waals surface area contributed by atoms with Crippen LogP contribution in [0.3, 0.4) is 0 Å². The van der Waals surface area contributed by atoms with E-state index in [0.717, 1.165) is 19.3 Å². The molecule has 19 heavy (non-hydrogen) atoms. The predicted molar refractivity (Wildman–Crippen MR) is 71.9 cm³/mol. The van der Waals surface area contributed by atoms with E-state index in [1.807, 2.05) is 0 Å². The molecule has 3 unspecified atom stereocenters. The number of nitrogens with one attached hydrogen (secondary N) is 1. The molecule has 0 spiro atoms. The van der Waals surface area contributed by atoms with Crippen LogP contribution in [0.25, 0.3) is 0 Å². The second kappa shape index (κ2) is 5.80. The van der Waals surface area contributed by atoms with E-state index in [-0.39, 0.29) is 12.1 Å². The number of carboxylic acid groups (broad SMARTS) is 1. The van der Waals surface area contributed by atoms with E-state index >= 15 is 0 Å². The van der Waals surface area contributed by atoms with Crippen molar-refractivity contribution in [1.82, 2.24) is 10.2 Å². The molecular weight excluding hydrogens is 244 g/mol. The van der Waals surface area contributed by atoms with Gasteiger partial charge >= 0.3 is 12.0 Å². The van der Waals surface area contributed by atoms with Crippen LogP contribution in [0.5, 0.6) is 0 Å².